The van der Waals surface area contributed by atoms with E-state index in [1.54, 1.807) is 5.51 Å². The first-order chi connectivity index (χ1) is 11.0. The summed E-state index contributed by atoms with van der Waals surface area (Å²) in [6, 6.07) is 0. The number of amides is 1. The molecule has 2 atom stereocenters. The van der Waals surface area contributed by atoms with Crippen LogP contribution in [0.15, 0.2) is 10.5 Å². The number of hydrogen-bond donors (Lipinski definition) is 2. The summed E-state index contributed by atoms with van der Waals surface area (Å²) in [5.74, 6) is 2.24. The highest BCUT2D eigenvalue weighted by Crippen LogP contribution is 2.20. The number of aliphatic imine (C=N–C) groups is 1. The van der Waals surface area contributed by atoms with Gasteiger partial charge >= 0.3 is 0 Å². The van der Waals surface area contributed by atoms with Crippen molar-refractivity contribution in [2.24, 2.45) is 16.8 Å². The second-order valence-corrected chi connectivity index (χ2v) is 7.20. The number of aryl methyl sites for hydroxylation is 1. The molecule has 23 heavy (non-hydrogen) atoms. The van der Waals surface area contributed by atoms with Crippen molar-refractivity contribution in [2.75, 3.05) is 33.2 Å². The molecule has 0 aliphatic carbocycles. The Labute approximate surface area is 142 Å². The van der Waals surface area contributed by atoms with E-state index in [0.29, 0.717) is 29.8 Å². The quantitative estimate of drug-likeness (QED) is 0.499. The molecule has 2 unspecified atom stereocenters. The molecule has 1 aromatic heterocycles. The van der Waals surface area contributed by atoms with Crippen molar-refractivity contribution in [1.29, 1.82) is 0 Å². The van der Waals surface area contributed by atoms with Crippen molar-refractivity contribution in [2.45, 2.75) is 27.2 Å². The monoisotopic (exact) mass is 337 g/mol. The molecule has 1 amide bonds. The largest absolute Gasteiger partial charge is 0.354 e. The highest BCUT2D eigenvalue weighted by atomic mass is 32.1. The Kier molecular flexibility index (Phi) is 6.38. The van der Waals surface area contributed by atoms with E-state index in [4.69, 9.17) is 0 Å². The second-order valence-electron chi connectivity index (χ2n) is 6.35. The van der Waals surface area contributed by atoms with Crippen molar-refractivity contribution in [3.05, 3.63) is 16.1 Å². The zero-order valence-electron chi connectivity index (χ0n) is 14.4. The molecule has 1 saturated heterocycles. The molecular weight excluding hydrogens is 310 g/mol. The third kappa shape index (κ3) is 4.92. The maximum atomic E-state index is 12.0. The summed E-state index contributed by atoms with van der Waals surface area (Å²) in [5.41, 5.74) is 2.48. The molecule has 0 saturated carbocycles. The zero-order chi connectivity index (χ0) is 16.8. The van der Waals surface area contributed by atoms with Gasteiger partial charge in [-0.1, -0.05) is 13.8 Å². The van der Waals surface area contributed by atoms with E-state index in [1.807, 2.05) is 14.0 Å². The van der Waals surface area contributed by atoms with Crippen molar-refractivity contribution in [1.82, 2.24) is 20.5 Å². The summed E-state index contributed by atoms with van der Waals surface area (Å²) in [5, 5.41) is 6.27. The van der Waals surface area contributed by atoms with Crippen LogP contribution >= 0.6 is 11.3 Å². The average Bonchev–Trinajstić information content (AvgIpc) is 2.92. The number of guanidine groups is 1. The smallest absolute Gasteiger partial charge is 0.263 e. The lowest BCUT2D eigenvalue weighted by molar-refractivity contribution is 0.0957. The minimum Gasteiger partial charge on any atom is -0.354 e. The average molecular weight is 337 g/mol. The predicted octanol–water partition coefficient (Wildman–Crippen LogP) is 1.73. The van der Waals surface area contributed by atoms with E-state index >= 15 is 0 Å². The maximum absolute atomic E-state index is 12.0. The van der Waals surface area contributed by atoms with Crippen molar-refractivity contribution < 1.29 is 4.79 Å². The van der Waals surface area contributed by atoms with Crippen molar-refractivity contribution in [3.8, 4) is 0 Å². The number of piperidine rings is 1. The van der Waals surface area contributed by atoms with Crippen LogP contribution in [-0.2, 0) is 0 Å². The van der Waals surface area contributed by atoms with E-state index in [-0.39, 0.29) is 5.91 Å². The van der Waals surface area contributed by atoms with Gasteiger partial charge in [0.1, 0.15) is 4.88 Å². The van der Waals surface area contributed by atoms with Gasteiger partial charge in [0.25, 0.3) is 5.91 Å². The van der Waals surface area contributed by atoms with Crippen molar-refractivity contribution >= 4 is 23.2 Å². The maximum Gasteiger partial charge on any atom is 0.263 e. The molecule has 0 bridgehead atoms. The summed E-state index contributed by atoms with van der Waals surface area (Å²) < 4.78 is 0. The van der Waals surface area contributed by atoms with Crippen LogP contribution < -0.4 is 10.6 Å². The zero-order valence-corrected chi connectivity index (χ0v) is 15.2. The minimum absolute atomic E-state index is 0.0537. The third-order valence-electron chi connectivity index (χ3n) is 4.03. The molecule has 2 heterocycles. The normalized spacial score (nSPS) is 22.1. The fraction of sp³-hybridized carbons (Fsp3) is 0.688. The SMILES string of the molecule is CN=C(NCCNC(=O)c1scnc1C)N1CC(C)CC(C)C1. The molecule has 1 fully saturated rings. The number of thiazole rings is 1. The molecule has 0 spiro atoms. The van der Waals surface area contributed by atoms with Gasteiger partial charge in [0, 0.05) is 33.2 Å². The summed E-state index contributed by atoms with van der Waals surface area (Å²) in [6.07, 6.45) is 1.28. The van der Waals surface area contributed by atoms with Crippen LogP contribution in [-0.4, -0.2) is 55.0 Å². The van der Waals surface area contributed by atoms with Crippen LogP contribution in [0.2, 0.25) is 0 Å². The molecule has 1 aliphatic heterocycles. The summed E-state index contributed by atoms with van der Waals surface area (Å²) in [7, 11) is 1.81. The number of nitrogens with one attached hydrogen (secondary N) is 2. The van der Waals surface area contributed by atoms with E-state index in [0.717, 1.165) is 24.7 Å². The first kappa shape index (κ1) is 17.7. The van der Waals surface area contributed by atoms with Gasteiger partial charge in [-0.3, -0.25) is 9.79 Å². The van der Waals surface area contributed by atoms with Crippen LogP contribution in [0.25, 0.3) is 0 Å². The highest BCUT2D eigenvalue weighted by Gasteiger charge is 2.23. The lowest BCUT2D eigenvalue weighted by Crippen LogP contribution is -2.49. The molecule has 2 rings (SSSR count). The van der Waals surface area contributed by atoms with Crippen LogP contribution in [0.5, 0.6) is 0 Å². The Hall–Kier alpha value is -1.63. The summed E-state index contributed by atoms with van der Waals surface area (Å²) in [4.78, 5) is 23.5. The van der Waals surface area contributed by atoms with Crippen LogP contribution in [0.1, 0.15) is 35.6 Å². The number of hydrogen-bond acceptors (Lipinski definition) is 4. The Morgan fingerprint density at radius 1 is 1.35 bits per heavy atom. The molecule has 7 heteroatoms. The van der Waals surface area contributed by atoms with E-state index in [2.05, 4.69) is 39.4 Å². The van der Waals surface area contributed by atoms with E-state index in [9.17, 15) is 4.79 Å². The predicted molar refractivity (Wildman–Crippen MR) is 95.1 cm³/mol. The van der Waals surface area contributed by atoms with Gasteiger partial charge in [0.15, 0.2) is 5.96 Å². The second kappa shape index (κ2) is 8.29. The molecule has 6 nitrogen and oxygen atoms in total. The number of likely N-dealkylation sites (tertiary alicyclic amines) is 1. The first-order valence-corrected chi connectivity index (χ1v) is 9.03. The molecule has 1 aromatic rings. The molecule has 2 N–H and O–H groups in total. The standard InChI is InChI=1S/C16H27N5OS/c1-11-7-12(2)9-21(8-11)16(17-4)19-6-5-18-15(22)14-13(3)20-10-23-14/h10-12H,5-9H2,1-4H3,(H,17,19)(H,18,22). The Bertz CT molecular complexity index is 546. The lowest BCUT2D eigenvalue weighted by Gasteiger charge is -2.37. The van der Waals surface area contributed by atoms with E-state index < -0.39 is 0 Å². The number of nitrogens with zero attached hydrogens (tertiary/aromatic N) is 3. The Balaban J connectivity index is 1.76. The van der Waals surface area contributed by atoms with Gasteiger partial charge in [-0.2, -0.15) is 0 Å². The van der Waals surface area contributed by atoms with Gasteiger partial charge in [-0.05, 0) is 25.2 Å². The first-order valence-electron chi connectivity index (χ1n) is 8.15. The number of rotatable bonds is 4. The molecule has 0 aromatic carbocycles. The Morgan fingerprint density at radius 2 is 2.00 bits per heavy atom. The molecule has 128 valence electrons. The van der Waals surface area contributed by atoms with Gasteiger partial charge in [0.2, 0.25) is 0 Å². The van der Waals surface area contributed by atoms with Crippen LogP contribution in [0.4, 0.5) is 0 Å². The third-order valence-corrected chi connectivity index (χ3v) is 4.95. The van der Waals surface area contributed by atoms with Gasteiger partial charge in [-0.25, -0.2) is 4.98 Å². The molecular formula is C16H27N5OS. The summed E-state index contributed by atoms with van der Waals surface area (Å²) in [6.45, 7) is 9.72. The topological polar surface area (TPSA) is 69.6 Å². The van der Waals surface area contributed by atoms with Crippen molar-refractivity contribution in [3.63, 3.8) is 0 Å². The van der Waals surface area contributed by atoms with Gasteiger partial charge in [0.05, 0.1) is 11.2 Å². The summed E-state index contributed by atoms with van der Waals surface area (Å²) >= 11 is 1.37. The van der Waals surface area contributed by atoms with E-state index in [1.165, 1.54) is 17.8 Å². The lowest BCUT2D eigenvalue weighted by atomic mass is 9.92. The Morgan fingerprint density at radius 3 is 2.57 bits per heavy atom. The van der Waals surface area contributed by atoms with Gasteiger partial charge < -0.3 is 15.5 Å². The van der Waals surface area contributed by atoms with Crippen LogP contribution in [0, 0.1) is 18.8 Å². The number of aromatic nitrogens is 1. The number of carbonyl (C=O) groups is 1. The fourth-order valence-corrected chi connectivity index (χ4v) is 3.84. The highest BCUT2D eigenvalue weighted by molar-refractivity contribution is 7.11. The van der Waals surface area contributed by atoms with Gasteiger partial charge in [-0.15, -0.1) is 11.3 Å². The van der Waals surface area contributed by atoms with Crippen LogP contribution in [0.3, 0.4) is 0 Å². The minimum atomic E-state index is -0.0537. The fourth-order valence-electron chi connectivity index (χ4n) is 3.12. The molecule has 1 aliphatic rings. The number of carbonyl (C=O) groups excluding carboxylic acids is 1. The molecule has 0 radical (unpaired) electrons.